The monoisotopic (exact) mass is 383 g/mol. The molecule has 0 fully saturated rings. The molecule has 0 spiro atoms. The van der Waals surface area contributed by atoms with Crippen LogP contribution in [0.1, 0.15) is 17.5 Å². The van der Waals surface area contributed by atoms with Crippen LogP contribution in [0.5, 0.6) is 5.75 Å². The first-order valence-corrected chi connectivity index (χ1v) is 9.26. The molecule has 2 heterocycles. The minimum absolute atomic E-state index is 0.242. The third-order valence-electron chi connectivity index (χ3n) is 5.10. The fraction of sp³-hybridized carbons (Fsp3) is 0.174. The average Bonchev–Trinajstić information content (AvgIpc) is 2.76. The third-order valence-corrected chi connectivity index (χ3v) is 5.10. The summed E-state index contributed by atoms with van der Waals surface area (Å²) in [6.45, 7) is 0.579. The van der Waals surface area contributed by atoms with Gasteiger partial charge in [0.1, 0.15) is 23.8 Å². The van der Waals surface area contributed by atoms with Gasteiger partial charge in [0, 0.05) is 30.4 Å². The number of rotatable bonds is 4. The summed E-state index contributed by atoms with van der Waals surface area (Å²) in [7, 11) is 1.64. The van der Waals surface area contributed by atoms with Gasteiger partial charge in [-0.05, 0) is 35.9 Å². The fourth-order valence-electron chi connectivity index (χ4n) is 3.48. The summed E-state index contributed by atoms with van der Waals surface area (Å²) in [6, 6.07) is 15.3. The summed E-state index contributed by atoms with van der Waals surface area (Å²) in [5.74, 6) is 4.05. The van der Waals surface area contributed by atoms with Crippen LogP contribution in [0.15, 0.2) is 65.4 Å². The summed E-state index contributed by atoms with van der Waals surface area (Å²) in [6.07, 6.45) is 9.46. The van der Waals surface area contributed by atoms with E-state index in [1.165, 1.54) is 0 Å². The van der Waals surface area contributed by atoms with Crippen molar-refractivity contribution in [3.63, 3.8) is 0 Å². The first kappa shape index (κ1) is 18.5. The van der Waals surface area contributed by atoms with Crippen LogP contribution in [0.2, 0.25) is 0 Å². The zero-order chi connectivity index (χ0) is 20.4. The molecule has 0 aliphatic carbocycles. The number of anilines is 1. The molecule has 6 heteroatoms. The van der Waals surface area contributed by atoms with E-state index in [-0.39, 0.29) is 5.92 Å². The number of nitrogens with one attached hydrogen (secondary N) is 2. The number of benzene rings is 2. The van der Waals surface area contributed by atoms with Crippen molar-refractivity contribution >= 4 is 23.7 Å². The van der Waals surface area contributed by atoms with Crippen LogP contribution in [0.4, 0.5) is 5.69 Å². The Bertz CT molecular complexity index is 1060. The predicted octanol–water partition coefficient (Wildman–Crippen LogP) is 3.84. The van der Waals surface area contributed by atoms with Gasteiger partial charge in [-0.1, -0.05) is 24.1 Å². The molecule has 1 unspecified atom stereocenters. The van der Waals surface area contributed by atoms with E-state index in [9.17, 15) is 0 Å². The molecular weight excluding hydrogens is 362 g/mol. The van der Waals surface area contributed by atoms with Gasteiger partial charge in [0.15, 0.2) is 0 Å². The maximum absolute atomic E-state index is 8.67. The number of methoxy groups -OCH3 is 1. The van der Waals surface area contributed by atoms with Crippen LogP contribution in [-0.4, -0.2) is 30.0 Å². The second-order valence-electron chi connectivity index (χ2n) is 6.93. The summed E-state index contributed by atoms with van der Waals surface area (Å²) in [4.78, 5) is 8.19. The van der Waals surface area contributed by atoms with Crippen molar-refractivity contribution in [1.29, 1.82) is 10.8 Å². The van der Waals surface area contributed by atoms with Gasteiger partial charge in [0.2, 0.25) is 0 Å². The highest BCUT2D eigenvalue weighted by atomic mass is 16.5. The van der Waals surface area contributed by atoms with E-state index in [2.05, 4.69) is 10.9 Å². The minimum Gasteiger partial charge on any atom is -0.497 e. The van der Waals surface area contributed by atoms with Crippen LogP contribution >= 0.6 is 0 Å². The van der Waals surface area contributed by atoms with Crippen LogP contribution < -0.4 is 9.64 Å². The molecule has 4 rings (SSSR count). The van der Waals surface area contributed by atoms with Gasteiger partial charge in [-0.25, -0.2) is 4.99 Å². The lowest BCUT2D eigenvalue weighted by atomic mass is 9.93. The van der Waals surface area contributed by atoms with Crippen molar-refractivity contribution < 1.29 is 4.74 Å². The number of terminal acetylenes is 1. The Morgan fingerprint density at radius 1 is 1.21 bits per heavy atom. The van der Waals surface area contributed by atoms with Crippen molar-refractivity contribution in [3.05, 3.63) is 71.6 Å². The molecule has 6 nitrogen and oxygen atoms in total. The summed E-state index contributed by atoms with van der Waals surface area (Å²) >= 11 is 0. The minimum atomic E-state index is -0.242. The standard InChI is InChI=1S/C23H21N5O/c1-3-16-5-4-6-18(11-16)28-15-26-21-14-27(22(24)12-20(21)23(28)25)13-17-7-9-19(29-2)10-8-17/h1,4-11,14-15,20,24-25H,12-13H2,2H3. The Hall–Kier alpha value is -3.85. The number of ether oxygens (including phenoxy) is 1. The van der Waals surface area contributed by atoms with E-state index in [0.29, 0.717) is 24.6 Å². The smallest absolute Gasteiger partial charge is 0.118 e. The highest BCUT2D eigenvalue weighted by molar-refractivity contribution is 6.15. The Balaban J connectivity index is 1.57. The molecule has 29 heavy (non-hydrogen) atoms. The Morgan fingerprint density at radius 2 is 2.00 bits per heavy atom. The first-order valence-electron chi connectivity index (χ1n) is 9.26. The van der Waals surface area contributed by atoms with Crippen molar-refractivity contribution in [3.8, 4) is 18.1 Å². The van der Waals surface area contributed by atoms with E-state index in [0.717, 1.165) is 28.3 Å². The Morgan fingerprint density at radius 3 is 2.72 bits per heavy atom. The normalized spacial score (nSPS) is 18.2. The molecule has 2 aliphatic rings. The molecule has 2 aliphatic heterocycles. The molecule has 2 aromatic rings. The van der Waals surface area contributed by atoms with Gasteiger partial charge in [-0.3, -0.25) is 15.7 Å². The van der Waals surface area contributed by atoms with Crippen LogP contribution in [0.25, 0.3) is 0 Å². The number of fused-ring (bicyclic) bond motifs is 1. The third kappa shape index (κ3) is 3.63. The summed E-state index contributed by atoms with van der Waals surface area (Å²) in [5, 5.41) is 17.2. The largest absolute Gasteiger partial charge is 0.497 e. The van der Waals surface area contributed by atoms with Crippen LogP contribution in [0, 0.1) is 29.1 Å². The molecule has 0 bridgehead atoms. The zero-order valence-electron chi connectivity index (χ0n) is 16.1. The van der Waals surface area contributed by atoms with Gasteiger partial charge in [-0.2, -0.15) is 0 Å². The fourth-order valence-corrected chi connectivity index (χ4v) is 3.48. The Kier molecular flexibility index (Phi) is 4.88. The SMILES string of the molecule is C#Cc1cccc(N2C=NC3=CN(Cc4ccc(OC)cc4)C(=N)CC3C2=N)c1. The zero-order valence-corrected chi connectivity index (χ0v) is 16.1. The first-order chi connectivity index (χ1) is 14.1. The van der Waals surface area contributed by atoms with Crippen molar-refractivity contribution in [2.45, 2.75) is 13.0 Å². The van der Waals surface area contributed by atoms with Gasteiger partial charge in [-0.15, -0.1) is 6.42 Å². The van der Waals surface area contributed by atoms with Crippen molar-refractivity contribution in [2.75, 3.05) is 12.0 Å². The molecule has 0 aromatic heterocycles. The number of nitrogens with zero attached hydrogens (tertiary/aromatic N) is 3. The molecule has 0 radical (unpaired) electrons. The lowest BCUT2D eigenvalue weighted by Crippen LogP contribution is -2.44. The quantitative estimate of drug-likeness (QED) is 0.788. The Labute approximate surface area is 170 Å². The van der Waals surface area contributed by atoms with E-state index < -0.39 is 0 Å². The molecular formula is C23H21N5O. The number of aliphatic imine (C=N–C) groups is 1. The average molecular weight is 383 g/mol. The van der Waals surface area contributed by atoms with Crippen molar-refractivity contribution in [1.82, 2.24) is 4.90 Å². The topological polar surface area (TPSA) is 75.8 Å². The van der Waals surface area contributed by atoms with Gasteiger partial charge in [0.05, 0.1) is 18.7 Å². The highest BCUT2D eigenvalue weighted by Gasteiger charge is 2.34. The van der Waals surface area contributed by atoms with E-state index in [4.69, 9.17) is 22.0 Å². The molecule has 0 saturated heterocycles. The van der Waals surface area contributed by atoms with Gasteiger partial charge >= 0.3 is 0 Å². The predicted molar refractivity (Wildman–Crippen MR) is 116 cm³/mol. The van der Waals surface area contributed by atoms with Crippen molar-refractivity contribution in [2.24, 2.45) is 10.9 Å². The molecule has 2 N–H and O–H groups in total. The van der Waals surface area contributed by atoms with Gasteiger partial charge in [0.25, 0.3) is 0 Å². The maximum Gasteiger partial charge on any atom is 0.118 e. The second-order valence-corrected chi connectivity index (χ2v) is 6.93. The van der Waals surface area contributed by atoms with E-state index >= 15 is 0 Å². The highest BCUT2D eigenvalue weighted by Crippen LogP contribution is 2.32. The lowest BCUT2D eigenvalue weighted by molar-refractivity contribution is 0.414. The molecule has 0 amide bonds. The van der Waals surface area contributed by atoms with E-state index in [1.54, 1.807) is 18.3 Å². The van der Waals surface area contributed by atoms with Crippen LogP contribution in [-0.2, 0) is 6.54 Å². The van der Waals surface area contributed by atoms with Gasteiger partial charge < -0.3 is 9.64 Å². The summed E-state index contributed by atoms with van der Waals surface area (Å²) in [5.41, 5.74) is 3.44. The molecule has 2 aromatic carbocycles. The number of hydrogen-bond acceptors (Lipinski definition) is 4. The number of hydrogen-bond donors (Lipinski definition) is 2. The molecule has 0 saturated carbocycles. The molecule has 1 atom stereocenters. The van der Waals surface area contributed by atoms with E-state index in [1.807, 2.05) is 59.6 Å². The second kappa shape index (κ2) is 7.64. The number of amidine groups is 2. The molecule has 144 valence electrons. The summed E-state index contributed by atoms with van der Waals surface area (Å²) < 4.78 is 5.20. The van der Waals surface area contributed by atoms with Crippen LogP contribution in [0.3, 0.4) is 0 Å². The lowest BCUT2D eigenvalue weighted by Gasteiger charge is -2.36. The maximum atomic E-state index is 8.67.